The van der Waals surface area contributed by atoms with Gasteiger partial charge in [-0.2, -0.15) is 0 Å². The first kappa shape index (κ1) is 9.78. The zero-order chi connectivity index (χ0) is 10.2. The van der Waals surface area contributed by atoms with E-state index in [0.29, 0.717) is 0 Å². The van der Waals surface area contributed by atoms with Crippen molar-refractivity contribution < 1.29 is 4.42 Å². The van der Waals surface area contributed by atoms with E-state index in [4.69, 9.17) is 4.42 Å². The summed E-state index contributed by atoms with van der Waals surface area (Å²) in [7, 11) is 0. The molecule has 0 spiro atoms. The maximum atomic E-state index is 5.09. The van der Waals surface area contributed by atoms with Crippen molar-refractivity contribution in [3.63, 3.8) is 0 Å². The second-order valence-corrected chi connectivity index (χ2v) is 5.29. The Bertz CT molecular complexity index is 284. The van der Waals surface area contributed by atoms with E-state index >= 15 is 0 Å². The molecule has 2 nitrogen and oxygen atoms in total. The Balaban J connectivity index is 1.78. The number of hydrogen-bond acceptors (Lipinski definition) is 2. The molecule has 0 saturated heterocycles. The second kappa shape index (κ2) is 3.43. The summed E-state index contributed by atoms with van der Waals surface area (Å²) in [5.74, 6) is 1.55. The summed E-state index contributed by atoms with van der Waals surface area (Å²) < 4.78 is 5.09. The van der Waals surface area contributed by atoms with Crippen LogP contribution in [-0.2, 0) is 0 Å². The minimum absolute atomic E-state index is 0.240. The molecule has 78 valence electrons. The zero-order valence-electron chi connectivity index (χ0n) is 9.21. The maximum absolute atomic E-state index is 5.09. The summed E-state index contributed by atoms with van der Waals surface area (Å²) in [5.41, 5.74) is 1.61. The predicted molar refractivity (Wildman–Crippen MR) is 57.3 cm³/mol. The molecule has 0 radical (unpaired) electrons. The summed E-state index contributed by atoms with van der Waals surface area (Å²) in [6.45, 7) is 7.76. The first-order chi connectivity index (χ1) is 6.56. The van der Waals surface area contributed by atoms with Gasteiger partial charge >= 0.3 is 0 Å². The van der Waals surface area contributed by atoms with Gasteiger partial charge in [0.1, 0.15) is 0 Å². The third-order valence-corrected chi connectivity index (χ3v) is 2.79. The lowest BCUT2D eigenvalue weighted by Gasteiger charge is -2.20. The van der Waals surface area contributed by atoms with Crippen LogP contribution in [0.5, 0.6) is 0 Å². The average Bonchev–Trinajstić information content (AvgIpc) is 2.65. The third kappa shape index (κ3) is 2.38. The van der Waals surface area contributed by atoms with E-state index in [9.17, 15) is 0 Å². The second-order valence-electron chi connectivity index (χ2n) is 5.29. The fraction of sp³-hybridized carbons (Fsp3) is 0.667. The van der Waals surface area contributed by atoms with Crippen molar-refractivity contribution in [2.75, 3.05) is 6.54 Å². The van der Waals surface area contributed by atoms with Gasteiger partial charge in [0.05, 0.1) is 12.5 Å². The average molecular weight is 193 g/mol. The van der Waals surface area contributed by atoms with Crippen molar-refractivity contribution in [3.8, 4) is 0 Å². The molecule has 2 rings (SSSR count). The first-order valence-electron chi connectivity index (χ1n) is 5.33. The van der Waals surface area contributed by atoms with Crippen molar-refractivity contribution in [2.45, 2.75) is 38.6 Å². The van der Waals surface area contributed by atoms with Crippen molar-refractivity contribution >= 4 is 0 Å². The Morgan fingerprint density at radius 1 is 1.50 bits per heavy atom. The summed E-state index contributed by atoms with van der Waals surface area (Å²) in [6, 6.07) is 2.09. The lowest BCUT2D eigenvalue weighted by atomic mass is 10.1. The minimum Gasteiger partial charge on any atom is -0.472 e. The van der Waals surface area contributed by atoms with Crippen LogP contribution >= 0.6 is 0 Å². The van der Waals surface area contributed by atoms with Gasteiger partial charge in [0.25, 0.3) is 0 Å². The number of furan rings is 1. The largest absolute Gasteiger partial charge is 0.472 e. The van der Waals surface area contributed by atoms with E-state index in [2.05, 4.69) is 32.2 Å². The molecule has 1 aliphatic carbocycles. The molecule has 1 fully saturated rings. The van der Waals surface area contributed by atoms with Crippen LogP contribution in [0.15, 0.2) is 23.0 Å². The molecule has 0 aromatic carbocycles. The Kier molecular flexibility index (Phi) is 2.40. The van der Waals surface area contributed by atoms with Gasteiger partial charge in [-0.25, -0.2) is 0 Å². The molecule has 0 aliphatic heterocycles. The zero-order valence-corrected chi connectivity index (χ0v) is 9.21. The van der Waals surface area contributed by atoms with Crippen LogP contribution in [0.25, 0.3) is 0 Å². The summed E-state index contributed by atoms with van der Waals surface area (Å²) in [4.78, 5) is 0. The third-order valence-electron chi connectivity index (χ3n) is 2.79. The number of nitrogens with one attached hydrogen (secondary N) is 1. The van der Waals surface area contributed by atoms with Gasteiger partial charge in [0.15, 0.2) is 0 Å². The minimum atomic E-state index is 0.240. The van der Waals surface area contributed by atoms with E-state index in [-0.39, 0.29) is 5.54 Å². The predicted octanol–water partition coefficient (Wildman–Crippen LogP) is 2.77. The van der Waals surface area contributed by atoms with Crippen LogP contribution in [0, 0.1) is 5.92 Å². The normalized spacial score (nSPS) is 26.5. The Morgan fingerprint density at radius 3 is 2.86 bits per heavy atom. The molecule has 1 aliphatic rings. The lowest BCUT2D eigenvalue weighted by molar-refractivity contribution is 0.414. The van der Waals surface area contributed by atoms with Crippen molar-refractivity contribution in [2.24, 2.45) is 5.92 Å². The Morgan fingerprint density at radius 2 is 2.29 bits per heavy atom. The van der Waals surface area contributed by atoms with E-state index in [0.717, 1.165) is 18.4 Å². The summed E-state index contributed by atoms with van der Waals surface area (Å²) in [5, 5.41) is 3.55. The number of rotatable bonds is 3. The molecule has 2 atom stereocenters. The van der Waals surface area contributed by atoms with Crippen molar-refractivity contribution in [1.29, 1.82) is 0 Å². The van der Waals surface area contributed by atoms with E-state index in [1.807, 2.05) is 6.26 Å². The van der Waals surface area contributed by atoms with Gasteiger partial charge in [0, 0.05) is 5.54 Å². The van der Waals surface area contributed by atoms with Gasteiger partial charge in [-0.15, -0.1) is 0 Å². The molecular formula is C12H19NO. The molecule has 0 bridgehead atoms. The molecule has 2 heteroatoms. The van der Waals surface area contributed by atoms with E-state index in [1.54, 1.807) is 6.26 Å². The summed E-state index contributed by atoms with van der Waals surface area (Å²) >= 11 is 0. The topological polar surface area (TPSA) is 25.2 Å². The van der Waals surface area contributed by atoms with Crippen molar-refractivity contribution in [1.82, 2.24) is 5.32 Å². The highest BCUT2D eigenvalue weighted by Crippen LogP contribution is 2.47. The molecular weight excluding hydrogens is 174 g/mol. The van der Waals surface area contributed by atoms with Crippen LogP contribution in [0.2, 0.25) is 0 Å². The van der Waals surface area contributed by atoms with Crippen molar-refractivity contribution in [3.05, 3.63) is 24.2 Å². The molecule has 1 saturated carbocycles. The van der Waals surface area contributed by atoms with Crippen LogP contribution in [0.4, 0.5) is 0 Å². The van der Waals surface area contributed by atoms with Crippen LogP contribution < -0.4 is 5.32 Å². The van der Waals surface area contributed by atoms with Gasteiger partial charge in [-0.1, -0.05) is 0 Å². The lowest BCUT2D eigenvalue weighted by Crippen LogP contribution is -2.37. The first-order valence-corrected chi connectivity index (χ1v) is 5.33. The molecule has 1 heterocycles. The molecule has 1 aromatic heterocycles. The monoisotopic (exact) mass is 193 g/mol. The van der Waals surface area contributed by atoms with Crippen LogP contribution in [0.3, 0.4) is 0 Å². The number of hydrogen-bond donors (Lipinski definition) is 1. The molecule has 0 amide bonds. The van der Waals surface area contributed by atoms with Crippen LogP contribution in [-0.4, -0.2) is 12.1 Å². The molecule has 1 aromatic rings. The quantitative estimate of drug-likeness (QED) is 0.798. The smallest absolute Gasteiger partial charge is 0.0937 e. The Hall–Kier alpha value is -0.760. The van der Waals surface area contributed by atoms with E-state index in [1.165, 1.54) is 12.0 Å². The van der Waals surface area contributed by atoms with Gasteiger partial charge in [-0.3, -0.25) is 0 Å². The maximum Gasteiger partial charge on any atom is 0.0937 e. The van der Waals surface area contributed by atoms with Crippen LogP contribution in [0.1, 0.15) is 38.7 Å². The fourth-order valence-electron chi connectivity index (χ4n) is 1.80. The highest BCUT2D eigenvalue weighted by atomic mass is 16.3. The van der Waals surface area contributed by atoms with Gasteiger partial charge in [-0.05, 0) is 57.2 Å². The molecule has 2 unspecified atom stereocenters. The standard InChI is InChI=1S/C12H19NO/c1-12(2,3)13-7-10-6-11(10)9-4-5-14-8-9/h4-5,8,10-11,13H,6-7H2,1-3H3. The van der Waals surface area contributed by atoms with E-state index < -0.39 is 0 Å². The highest BCUT2D eigenvalue weighted by Gasteiger charge is 2.38. The molecule has 14 heavy (non-hydrogen) atoms. The van der Waals surface area contributed by atoms with Gasteiger partial charge in [0.2, 0.25) is 0 Å². The molecule has 1 N–H and O–H groups in total. The highest BCUT2D eigenvalue weighted by molar-refractivity contribution is 5.21. The summed E-state index contributed by atoms with van der Waals surface area (Å²) in [6.07, 6.45) is 4.95. The van der Waals surface area contributed by atoms with Gasteiger partial charge < -0.3 is 9.73 Å². The fourth-order valence-corrected chi connectivity index (χ4v) is 1.80. The SMILES string of the molecule is CC(C)(C)NCC1CC1c1ccoc1. The Labute approximate surface area is 85.7 Å².